The van der Waals surface area contributed by atoms with E-state index in [1.54, 1.807) is 0 Å². The summed E-state index contributed by atoms with van der Waals surface area (Å²) < 4.78 is 15.8. The highest BCUT2D eigenvalue weighted by molar-refractivity contribution is 5.70. The largest absolute Gasteiger partial charge is 0.465 e. The van der Waals surface area contributed by atoms with Crippen molar-refractivity contribution in [1.29, 1.82) is 0 Å². The molecule has 0 amide bonds. The second-order valence-electron chi connectivity index (χ2n) is 6.50. The fraction of sp³-hybridized carbons (Fsp3) is 0.824. The Bertz CT molecular complexity index is 445. The van der Waals surface area contributed by atoms with E-state index in [0.717, 1.165) is 13.1 Å². The molecule has 0 aromatic rings. The molecule has 9 heteroatoms. The lowest BCUT2D eigenvalue weighted by Gasteiger charge is -2.31. The fourth-order valence-corrected chi connectivity index (χ4v) is 2.13. The Morgan fingerprint density at radius 1 is 0.846 bits per heavy atom. The number of nitrogens with two attached hydrogens (primary N) is 2. The van der Waals surface area contributed by atoms with Gasteiger partial charge < -0.3 is 30.6 Å². The zero-order chi connectivity index (χ0) is 19.4. The Morgan fingerprint density at radius 2 is 1.27 bits per heavy atom. The molecule has 0 aromatic carbocycles. The summed E-state index contributed by atoms with van der Waals surface area (Å²) in [7, 11) is 0. The van der Waals surface area contributed by atoms with Crippen molar-refractivity contribution in [2.75, 3.05) is 52.5 Å². The van der Waals surface area contributed by atoms with Crippen molar-refractivity contribution in [2.45, 2.75) is 32.6 Å². The molecule has 0 aliphatic carbocycles. The molecule has 26 heavy (non-hydrogen) atoms. The van der Waals surface area contributed by atoms with Crippen LogP contribution in [-0.2, 0) is 28.6 Å². The third kappa shape index (κ3) is 9.12. The van der Waals surface area contributed by atoms with E-state index < -0.39 is 17.4 Å². The van der Waals surface area contributed by atoms with Crippen molar-refractivity contribution < 1.29 is 28.6 Å². The third-order valence-electron chi connectivity index (χ3n) is 4.24. The van der Waals surface area contributed by atoms with Crippen molar-refractivity contribution in [3.63, 3.8) is 0 Å². The molecular weight excluding hydrogens is 342 g/mol. The van der Waals surface area contributed by atoms with Crippen LogP contribution in [0.2, 0.25) is 0 Å². The van der Waals surface area contributed by atoms with Gasteiger partial charge in [0.2, 0.25) is 0 Å². The third-order valence-corrected chi connectivity index (χ3v) is 4.24. The first-order chi connectivity index (χ1) is 12.4. The molecular formula is C17H31N3O6. The van der Waals surface area contributed by atoms with Crippen LogP contribution in [0.1, 0.15) is 32.6 Å². The predicted octanol–water partition coefficient (Wildman–Crippen LogP) is -0.584. The number of ether oxygens (including phenoxy) is 3. The minimum Gasteiger partial charge on any atom is -0.465 e. The first-order valence-corrected chi connectivity index (χ1v) is 9.04. The van der Waals surface area contributed by atoms with Crippen molar-refractivity contribution >= 4 is 17.9 Å². The van der Waals surface area contributed by atoms with Gasteiger partial charge >= 0.3 is 17.9 Å². The summed E-state index contributed by atoms with van der Waals surface area (Å²) in [6.07, 6.45) is 1.00. The molecule has 0 atom stereocenters. The zero-order valence-corrected chi connectivity index (χ0v) is 15.5. The van der Waals surface area contributed by atoms with E-state index in [0.29, 0.717) is 19.4 Å². The normalized spacial score (nSPS) is 14.0. The van der Waals surface area contributed by atoms with Crippen LogP contribution in [-0.4, -0.2) is 75.4 Å². The average Bonchev–Trinajstić information content (AvgIpc) is 3.45. The number of esters is 3. The molecule has 1 aliphatic heterocycles. The van der Waals surface area contributed by atoms with Crippen LogP contribution in [0.4, 0.5) is 0 Å². The monoisotopic (exact) mass is 373 g/mol. The van der Waals surface area contributed by atoms with Crippen molar-refractivity contribution in [3.05, 3.63) is 0 Å². The van der Waals surface area contributed by atoms with Crippen molar-refractivity contribution in [3.8, 4) is 0 Å². The summed E-state index contributed by atoms with van der Waals surface area (Å²) in [6.45, 7) is 4.92. The summed E-state index contributed by atoms with van der Waals surface area (Å²) in [4.78, 5) is 37.3. The van der Waals surface area contributed by atoms with Gasteiger partial charge in [-0.1, -0.05) is 6.92 Å². The Morgan fingerprint density at radius 3 is 1.62 bits per heavy atom. The molecule has 0 bridgehead atoms. The van der Waals surface area contributed by atoms with Gasteiger partial charge in [-0.25, -0.2) is 0 Å². The maximum atomic E-state index is 11.9. The van der Waals surface area contributed by atoms with Gasteiger partial charge in [0.25, 0.3) is 0 Å². The quantitative estimate of drug-likeness (QED) is 0.233. The highest BCUT2D eigenvalue weighted by atomic mass is 16.6. The summed E-state index contributed by atoms with van der Waals surface area (Å²) in [6, 6.07) is 0. The van der Waals surface area contributed by atoms with E-state index >= 15 is 0 Å². The Labute approximate surface area is 154 Å². The number of carbonyl (C=O) groups excluding carboxylic acids is 3. The maximum absolute atomic E-state index is 11.9. The SMILES string of the molecule is CCC(COC(=O)CCN)(COC(=O)CCN)COC(=O)CCN1CC1. The summed E-state index contributed by atoms with van der Waals surface area (Å²) in [5.41, 5.74) is 9.89. The zero-order valence-electron chi connectivity index (χ0n) is 15.5. The number of rotatable bonds is 14. The molecule has 1 rings (SSSR count). The van der Waals surface area contributed by atoms with Crippen LogP contribution in [0.25, 0.3) is 0 Å². The fourth-order valence-electron chi connectivity index (χ4n) is 2.13. The lowest BCUT2D eigenvalue weighted by atomic mass is 9.88. The van der Waals surface area contributed by atoms with Gasteiger partial charge in [0.15, 0.2) is 0 Å². The number of carbonyl (C=O) groups is 3. The molecule has 150 valence electrons. The Kier molecular flexibility index (Phi) is 10.2. The van der Waals surface area contributed by atoms with E-state index in [9.17, 15) is 14.4 Å². The molecule has 0 radical (unpaired) electrons. The minimum absolute atomic E-state index is 0.00808. The maximum Gasteiger partial charge on any atom is 0.307 e. The molecule has 1 fully saturated rings. The predicted molar refractivity (Wildman–Crippen MR) is 94.0 cm³/mol. The number of hydrogen-bond donors (Lipinski definition) is 2. The second kappa shape index (κ2) is 11.8. The molecule has 1 saturated heterocycles. The van der Waals surface area contributed by atoms with E-state index in [4.69, 9.17) is 25.7 Å². The highest BCUT2D eigenvalue weighted by Gasteiger charge is 2.34. The van der Waals surface area contributed by atoms with Gasteiger partial charge in [0.05, 0.1) is 24.7 Å². The molecule has 0 unspecified atom stereocenters. The molecule has 0 aromatic heterocycles. The lowest BCUT2D eigenvalue weighted by molar-refractivity contribution is -0.162. The van der Waals surface area contributed by atoms with Gasteiger partial charge in [-0.15, -0.1) is 0 Å². The van der Waals surface area contributed by atoms with Crippen LogP contribution < -0.4 is 11.5 Å². The topological polar surface area (TPSA) is 134 Å². The summed E-state index contributed by atoms with van der Waals surface area (Å²) in [5, 5.41) is 0. The molecule has 1 aliphatic rings. The lowest BCUT2D eigenvalue weighted by Crippen LogP contribution is -2.39. The number of hydrogen-bond acceptors (Lipinski definition) is 9. The van der Waals surface area contributed by atoms with Gasteiger partial charge in [-0.05, 0) is 6.42 Å². The second-order valence-corrected chi connectivity index (χ2v) is 6.50. The summed E-state index contributed by atoms with van der Waals surface area (Å²) >= 11 is 0. The van der Waals surface area contributed by atoms with E-state index in [1.165, 1.54) is 0 Å². The molecule has 0 saturated carbocycles. The van der Waals surface area contributed by atoms with Crippen LogP contribution in [0, 0.1) is 5.41 Å². The molecule has 0 spiro atoms. The Balaban J connectivity index is 2.58. The van der Waals surface area contributed by atoms with Gasteiger partial charge in [-0.3, -0.25) is 14.4 Å². The summed E-state index contributed by atoms with van der Waals surface area (Å²) in [5.74, 6) is -1.20. The number of nitrogens with zero attached hydrogens (tertiary/aromatic N) is 1. The van der Waals surface area contributed by atoms with Gasteiger partial charge in [0, 0.05) is 32.7 Å². The van der Waals surface area contributed by atoms with Crippen LogP contribution in [0.3, 0.4) is 0 Å². The average molecular weight is 373 g/mol. The van der Waals surface area contributed by atoms with Gasteiger partial charge in [-0.2, -0.15) is 0 Å². The minimum atomic E-state index is -0.788. The van der Waals surface area contributed by atoms with Crippen LogP contribution in [0.15, 0.2) is 0 Å². The van der Waals surface area contributed by atoms with Crippen LogP contribution in [0.5, 0.6) is 0 Å². The van der Waals surface area contributed by atoms with Gasteiger partial charge in [0.1, 0.15) is 19.8 Å². The van der Waals surface area contributed by atoms with Crippen molar-refractivity contribution in [1.82, 2.24) is 4.90 Å². The van der Waals surface area contributed by atoms with Crippen molar-refractivity contribution in [2.24, 2.45) is 16.9 Å². The highest BCUT2D eigenvalue weighted by Crippen LogP contribution is 2.25. The van der Waals surface area contributed by atoms with Crippen LogP contribution >= 0.6 is 0 Å². The first kappa shape index (κ1) is 22.3. The first-order valence-electron chi connectivity index (χ1n) is 9.04. The molecule has 9 nitrogen and oxygen atoms in total. The van der Waals surface area contributed by atoms with E-state index in [-0.39, 0.29) is 51.7 Å². The Hall–Kier alpha value is -1.71. The molecule has 4 N–H and O–H groups in total. The van der Waals surface area contributed by atoms with E-state index in [1.807, 2.05) is 6.92 Å². The standard InChI is InChI=1S/C17H31N3O6/c1-2-17(11-24-14(21)3-6-18,12-25-15(22)4-7-19)13-26-16(23)5-8-20-9-10-20/h2-13,18-19H2,1H3. The molecule has 1 heterocycles. The van der Waals surface area contributed by atoms with E-state index in [2.05, 4.69) is 4.90 Å². The smallest absolute Gasteiger partial charge is 0.307 e.